The molecule has 3 aromatic rings. The third-order valence-electron chi connectivity index (χ3n) is 9.92. The van der Waals surface area contributed by atoms with Crippen LogP contribution >= 0.6 is 0 Å². The van der Waals surface area contributed by atoms with Crippen molar-refractivity contribution in [1.82, 2.24) is 0 Å². The third-order valence-corrected chi connectivity index (χ3v) is 9.92. The van der Waals surface area contributed by atoms with Gasteiger partial charge in [-0.15, -0.1) is 0 Å². The van der Waals surface area contributed by atoms with Crippen molar-refractivity contribution in [3.63, 3.8) is 0 Å². The average molecular weight is 727 g/mol. The molecular formula is C43H50O10. The Balaban J connectivity index is 1.06. The molecule has 3 aromatic carbocycles. The lowest BCUT2D eigenvalue weighted by Crippen LogP contribution is -2.38. The van der Waals surface area contributed by atoms with Crippen molar-refractivity contribution in [3.8, 4) is 16.9 Å². The number of hydrogen-bond donors (Lipinski definition) is 1. The van der Waals surface area contributed by atoms with E-state index >= 15 is 0 Å². The molecule has 5 rings (SSSR count). The summed E-state index contributed by atoms with van der Waals surface area (Å²) in [5, 5.41) is 9.54. The van der Waals surface area contributed by atoms with E-state index in [9.17, 15) is 24.3 Å². The predicted octanol–water partition coefficient (Wildman–Crippen LogP) is 8.74. The van der Waals surface area contributed by atoms with Crippen molar-refractivity contribution in [2.45, 2.75) is 102 Å². The first-order chi connectivity index (χ1) is 25.6. The molecule has 282 valence electrons. The van der Waals surface area contributed by atoms with Crippen LogP contribution in [0.1, 0.15) is 112 Å². The van der Waals surface area contributed by atoms with Crippen molar-refractivity contribution in [2.75, 3.05) is 13.2 Å². The maximum Gasteiger partial charge on any atom is 0.343 e. The van der Waals surface area contributed by atoms with E-state index in [0.717, 1.165) is 36.3 Å². The highest BCUT2D eigenvalue weighted by molar-refractivity contribution is 5.91. The summed E-state index contributed by atoms with van der Waals surface area (Å²) in [7, 11) is 0. The quantitative estimate of drug-likeness (QED) is 0.0623. The molecule has 10 heteroatoms. The van der Waals surface area contributed by atoms with Gasteiger partial charge in [0, 0.05) is 11.1 Å². The minimum Gasteiger partial charge on any atom is -0.479 e. The highest BCUT2D eigenvalue weighted by Gasteiger charge is 2.47. The van der Waals surface area contributed by atoms with Crippen LogP contribution in [0.15, 0.2) is 84.9 Å². The lowest BCUT2D eigenvalue weighted by molar-refractivity contribution is -0.161. The van der Waals surface area contributed by atoms with Crippen LogP contribution in [0.2, 0.25) is 0 Å². The van der Waals surface area contributed by atoms with Gasteiger partial charge >= 0.3 is 23.9 Å². The molecule has 53 heavy (non-hydrogen) atoms. The number of rotatable bonds is 17. The van der Waals surface area contributed by atoms with Gasteiger partial charge in [0.2, 0.25) is 0 Å². The zero-order valence-corrected chi connectivity index (χ0v) is 30.6. The Morgan fingerprint density at radius 2 is 1.34 bits per heavy atom. The van der Waals surface area contributed by atoms with E-state index in [-0.39, 0.29) is 18.3 Å². The molecule has 1 saturated carbocycles. The van der Waals surface area contributed by atoms with Gasteiger partial charge in [-0.2, -0.15) is 0 Å². The first-order valence-corrected chi connectivity index (χ1v) is 18.7. The Morgan fingerprint density at radius 3 is 1.96 bits per heavy atom. The van der Waals surface area contributed by atoms with E-state index < -0.39 is 36.4 Å². The number of carbonyl (C=O) groups excluding carboxylic acids is 3. The minimum atomic E-state index is -1.50. The molecule has 0 radical (unpaired) electrons. The number of unbranched alkanes of at least 4 members (excludes halogenated alkanes) is 3. The van der Waals surface area contributed by atoms with Gasteiger partial charge in [0.1, 0.15) is 5.75 Å². The van der Waals surface area contributed by atoms with Gasteiger partial charge in [0.25, 0.3) is 0 Å². The van der Waals surface area contributed by atoms with Crippen LogP contribution in [0.4, 0.5) is 0 Å². The summed E-state index contributed by atoms with van der Waals surface area (Å²) < 4.78 is 27.0. The van der Waals surface area contributed by atoms with Crippen molar-refractivity contribution >= 4 is 23.9 Å². The lowest BCUT2D eigenvalue weighted by Gasteiger charge is -2.29. The molecule has 0 spiro atoms. The van der Waals surface area contributed by atoms with E-state index in [1.54, 1.807) is 43.3 Å². The SMILES string of the molecule is C=C(C)C(=O)OCCCCCC1CCC(c2ccc(-c3ccc(C(=O)Oc4ccc(C5O[C@@H](C(=O)O)[C@H](C(=O)OCCCC)O5)cc4)cc3)cc2)CC1. The fourth-order valence-electron chi connectivity index (χ4n) is 6.75. The molecule has 1 heterocycles. The molecule has 0 bridgehead atoms. The van der Waals surface area contributed by atoms with E-state index in [4.69, 9.17) is 23.7 Å². The maximum absolute atomic E-state index is 12.9. The summed E-state index contributed by atoms with van der Waals surface area (Å²) in [4.78, 5) is 48.5. The van der Waals surface area contributed by atoms with Crippen LogP contribution in [0.3, 0.4) is 0 Å². The number of carbonyl (C=O) groups is 4. The largest absolute Gasteiger partial charge is 0.479 e. The summed E-state index contributed by atoms with van der Waals surface area (Å²) in [5.41, 5.74) is 4.75. The number of esters is 3. The van der Waals surface area contributed by atoms with Crippen molar-refractivity contribution < 1.29 is 48.0 Å². The van der Waals surface area contributed by atoms with Crippen LogP contribution in [0, 0.1) is 5.92 Å². The molecule has 0 aromatic heterocycles. The Morgan fingerprint density at radius 1 is 0.736 bits per heavy atom. The highest BCUT2D eigenvalue weighted by atomic mass is 16.7. The molecule has 1 aliphatic heterocycles. The van der Waals surface area contributed by atoms with Crippen LogP contribution in [0.25, 0.3) is 11.1 Å². The summed E-state index contributed by atoms with van der Waals surface area (Å²) in [6, 6.07) is 22.3. The van der Waals surface area contributed by atoms with Gasteiger partial charge in [0.15, 0.2) is 18.5 Å². The van der Waals surface area contributed by atoms with Crippen molar-refractivity contribution in [2.24, 2.45) is 5.92 Å². The van der Waals surface area contributed by atoms with E-state index in [2.05, 4.69) is 30.8 Å². The zero-order chi connectivity index (χ0) is 37.7. The number of hydrogen-bond acceptors (Lipinski definition) is 9. The molecule has 1 N–H and O–H groups in total. The monoisotopic (exact) mass is 726 g/mol. The number of aliphatic carboxylic acids is 1. The molecule has 1 aliphatic carbocycles. The number of benzene rings is 3. The van der Waals surface area contributed by atoms with Crippen LogP contribution in [0.5, 0.6) is 5.75 Å². The second-order valence-corrected chi connectivity index (χ2v) is 13.9. The summed E-state index contributed by atoms with van der Waals surface area (Å²) in [5.74, 6) is -1.30. The van der Waals surface area contributed by atoms with Crippen LogP contribution in [-0.4, -0.2) is 54.4 Å². The Labute approximate surface area is 311 Å². The van der Waals surface area contributed by atoms with Gasteiger partial charge in [0.05, 0.1) is 18.8 Å². The molecular weight excluding hydrogens is 676 g/mol. The zero-order valence-electron chi connectivity index (χ0n) is 30.6. The average Bonchev–Trinajstić information content (AvgIpc) is 3.63. The Kier molecular flexibility index (Phi) is 14.4. The summed E-state index contributed by atoms with van der Waals surface area (Å²) >= 11 is 0. The van der Waals surface area contributed by atoms with Crippen molar-refractivity contribution in [3.05, 3.63) is 102 Å². The first-order valence-electron chi connectivity index (χ1n) is 18.7. The fourth-order valence-corrected chi connectivity index (χ4v) is 6.75. The number of carboxylic acids is 1. The molecule has 0 amide bonds. The summed E-state index contributed by atoms with van der Waals surface area (Å²) in [6.45, 7) is 7.87. The van der Waals surface area contributed by atoms with E-state index in [1.807, 2.05) is 19.1 Å². The second-order valence-electron chi connectivity index (χ2n) is 13.9. The van der Waals surface area contributed by atoms with E-state index in [0.29, 0.717) is 35.6 Å². The first kappa shape index (κ1) is 39.4. The normalized spacial score (nSPS) is 21.1. The van der Waals surface area contributed by atoms with Crippen molar-refractivity contribution in [1.29, 1.82) is 0 Å². The lowest BCUT2D eigenvalue weighted by atomic mass is 9.77. The topological polar surface area (TPSA) is 135 Å². The standard InChI is InChI=1S/C43H50O10/c1-4-5-26-50-42(48)38-37(39(44)45)52-43(53-38)35-22-24-36(25-23-35)51-41(47)34-20-18-33(19-21-34)32-16-14-31(15-17-32)30-12-10-29(11-13-30)9-7-6-8-27-49-40(46)28(2)3/h14-25,29-30,37-38,43H,2,4-13,26-27H2,1,3H3,(H,44,45)/t29?,30?,37-,38-,43?/m1/s1. The van der Waals surface area contributed by atoms with Crippen LogP contribution in [-0.2, 0) is 33.3 Å². The fraction of sp³-hybridized carbons (Fsp3) is 0.442. The molecule has 2 fully saturated rings. The molecule has 1 saturated heterocycles. The number of ether oxygens (including phenoxy) is 5. The van der Waals surface area contributed by atoms with Gasteiger partial charge in [-0.05, 0) is 98.2 Å². The molecule has 10 nitrogen and oxygen atoms in total. The molecule has 3 atom stereocenters. The smallest absolute Gasteiger partial charge is 0.343 e. The Bertz CT molecular complexity index is 1690. The molecule has 2 aliphatic rings. The molecule has 1 unspecified atom stereocenters. The van der Waals surface area contributed by atoms with E-state index in [1.165, 1.54) is 44.1 Å². The summed E-state index contributed by atoms with van der Waals surface area (Å²) in [6.07, 6.45) is 6.76. The maximum atomic E-state index is 12.9. The minimum absolute atomic E-state index is 0.174. The third kappa shape index (κ3) is 11.1. The highest BCUT2D eigenvalue weighted by Crippen LogP contribution is 2.38. The Hall–Kier alpha value is -4.80. The van der Waals surface area contributed by atoms with Gasteiger partial charge in [-0.1, -0.05) is 87.7 Å². The predicted molar refractivity (Wildman–Crippen MR) is 198 cm³/mol. The number of carboxylic acid groups (broad SMARTS) is 1. The van der Waals surface area contributed by atoms with Crippen LogP contribution < -0.4 is 4.74 Å². The van der Waals surface area contributed by atoms with Gasteiger partial charge in [-0.3, -0.25) is 0 Å². The van der Waals surface area contributed by atoms with Gasteiger partial charge in [-0.25, -0.2) is 19.2 Å². The second kappa shape index (κ2) is 19.3. The van der Waals surface area contributed by atoms with Gasteiger partial charge < -0.3 is 28.8 Å².